The molecule has 6 nitrogen and oxygen atoms in total. The molecule has 1 heterocycles. The van der Waals surface area contributed by atoms with E-state index in [4.69, 9.17) is 21.1 Å². The molecule has 166 valence electrons. The van der Waals surface area contributed by atoms with E-state index in [-0.39, 0.29) is 17.9 Å². The van der Waals surface area contributed by atoms with Crippen LogP contribution in [0.1, 0.15) is 48.4 Å². The Morgan fingerprint density at radius 2 is 1.74 bits per heavy atom. The lowest BCUT2D eigenvalue weighted by Crippen LogP contribution is -2.40. The van der Waals surface area contributed by atoms with Crippen molar-refractivity contribution >= 4 is 23.5 Å². The summed E-state index contributed by atoms with van der Waals surface area (Å²) in [6, 6.07) is 11.3. The molecule has 0 N–H and O–H groups in total. The van der Waals surface area contributed by atoms with Crippen molar-refractivity contribution in [1.29, 1.82) is 0 Å². The monoisotopic (exact) mass is 445 g/mol. The molecule has 0 aromatic heterocycles. The molecule has 3 rings (SSSR count). The van der Waals surface area contributed by atoms with Gasteiger partial charge < -0.3 is 19.1 Å². The molecular formula is C24H28ClNO5. The maximum Gasteiger partial charge on any atom is 0.305 e. The minimum Gasteiger partial charge on any atom is -0.493 e. The lowest BCUT2D eigenvalue weighted by Gasteiger charge is -2.38. The van der Waals surface area contributed by atoms with E-state index in [9.17, 15) is 9.59 Å². The molecule has 0 spiro atoms. The maximum absolute atomic E-state index is 13.2. The first-order valence-corrected chi connectivity index (χ1v) is 10.7. The third-order valence-corrected chi connectivity index (χ3v) is 5.84. The van der Waals surface area contributed by atoms with Gasteiger partial charge in [0.15, 0.2) is 11.5 Å². The number of methoxy groups -OCH3 is 3. The van der Waals surface area contributed by atoms with Crippen molar-refractivity contribution in [3.05, 3.63) is 58.1 Å². The van der Waals surface area contributed by atoms with Crippen molar-refractivity contribution in [2.75, 3.05) is 27.9 Å². The molecule has 1 atom stereocenters. The fourth-order valence-corrected chi connectivity index (χ4v) is 4.24. The van der Waals surface area contributed by atoms with E-state index in [1.54, 1.807) is 14.2 Å². The van der Waals surface area contributed by atoms with Gasteiger partial charge in [-0.15, -0.1) is 0 Å². The number of amides is 1. The summed E-state index contributed by atoms with van der Waals surface area (Å²) in [4.78, 5) is 26.4. The van der Waals surface area contributed by atoms with Crippen LogP contribution in [0.2, 0.25) is 5.02 Å². The van der Waals surface area contributed by atoms with Crippen LogP contribution in [0.25, 0.3) is 0 Å². The molecule has 0 aliphatic carbocycles. The molecule has 2 aromatic carbocycles. The first-order valence-electron chi connectivity index (χ1n) is 10.3. The van der Waals surface area contributed by atoms with Crippen LogP contribution in [-0.4, -0.2) is 44.7 Å². The first-order chi connectivity index (χ1) is 15.0. The SMILES string of the molecule is COC(=O)CCCCC(=O)N1CCc2cc(OC)c(OC)cc2C1c1cccc(Cl)c1. The Hall–Kier alpha value is -2.73. The van der Waals surface area contributed by atoms with Gasteiger partial charge in [-0.2, -0.15) is 0 Å². The molecule has 0 saturated carbocycles. The van der Waals surface area contributed by atoms with Crippen LogP contribution in [0.3, 0.4) is 0 Å². The number of ether oxygens (including phenoxy) is 3. The Kier molecular flexibility index (Phi) is 7.80. The fraction of sp³-hybridized carbons (Fsp3) is 0.417. The third kappa shape index (κ3) is 5.31. The largest absolute Gasteiger partial charge is 0.493 e. The highest BCUT2D eigenvalue weighted by Crippen LogP contribution is 2.41. The van der Waals surface area contributed by atoms with Crippen LogP contribution in [0.5, 0.6) is 11.5 Å². The average Bonchev–Trinajstić information content (AvgIpc) is 2.79. The van der Waals surface area contributed by atoms with Gasteiger partial charge in [-0.1, -0.05) is 23.7 Å². The van der Waals surface area contributed by atoms with E-state index < -0.39 is 0 Å². The number of hydrogen-bond acceptors (Lipinski definition) is 5. The minimum absolute atomic E-state index is 0.0512. The normalized spacial score (nSPS) is 15.2. The zero-order chi connectivity index (χ0) is 22.4. The van der Waals surface area contributed by atoms with E-state index in [0.29, 0.717) is 48.7 Å². The van der Waals surface area contributed by atoms with Crippen LogP contribution >= 0.6 is 11.6 Å². The highest BCUT2D eigenvalue weighted by atomic mass is 35.5. The summed E-state index contributed by atoms with van der Waals surface area (Å²) in [5, 5.41) is 0.621. The Morgan fingerprint density at radius 1 is 1.03 bits per heavy atom. The number of benzene rings is 2. The second-order valence-electron chi connectivity index (χ2n) is 7.48. The van der Waals surface area contributed by atoms with Gasteiger partial charge in [0.2, 0.25) is 5.91 Å². The number of fused-ring (bicyclic) bond motifs is 1. The first kappa shape index (κ1) is 22.9. The van der Waals surface area contributed by atoms with Gasteiger partial charge >= 0.3 is 5.97 Å². The van der Waals surface area contributed by atoms with Gasteiger partial charge in [-0.25, -0.2) is 0 Å². The summed E-state index contributed by atoms with van der Waals surface area (Å²) >= 11 is 6.28. The van der Waals surface area contributed by atoms with Crippen molar-refractivity contribution in [1.82, 2.24) is 4.90 Å². The molecule has 1 aliphatic heterocycles. The van der Waals surface area contributed by atoms with Gasteiger partial charge in [0, 0.05) is 24.4 Å². The second-order valence-corrected chi connectivity index (χ2v) is 7.92. The lowest BCUT2D eigenvalue weighted by molar-refractivity contribution is -0.141. The lowest BCUT2D eigenvalue weighted by atomic mass is 9.87. The molecule has 1 amide bonds. The van der Waals surface area contributed by atoms with E-state index in [1.807, 2.05) is 41.3 Å². The Labute approximate surface area is 188 Å². The van der Waals surface area contributed by atoms with Crippen LogP contribution < -0.4 is 9.47 Å². The van der Waals surface area contributed by atoms with Crippen LogP contribution in [0.4, 0.5) is 0 Å². The molecule has 0 radical (unpaired) electrons. The average molecular weight is 446 g/mol. The summed E-state index contributed by atoms with van der Waals surface area (Å²) in [7, 11) is 4.59. The highest BCUT2D eigenvalue weighted by molar-refractivity contribution is 6.30. The summed E-state index contributed by atoms with van der Waals surface area (Å²) in [5.41, 5.74) is 3.08. The fourth-order valence-electron chi connectivity index (χ4n) is 4.04. The molecule has 2 aromatic rings. The topological polar surface area (TPSA) is 65.1 Å². The van der Waals surface area contributed by atoms with E-state index in [0.717, 1.165) is 23.1 Å². The number of esters is 1. The molecule has 7 heteroatoms. The van der Waals surface area contributed by atoms with E-state index in [2.05, 4.69) is 4.74 Å². The molecule has 1 aliphatic rings. The zero-order valence-electron chi connectivity index (χ0n) is 18.2. The van der Waals surface area contributed by atoms with Gasteiger partial charge in [-0.05, 0) is 60.2 Å². The van der Waals surface area contributed by atoms with Crippen LogP contribution in [0.15, 0.2) is 36.4 Å². The maximum atomic E-state index is 13.2. The molecule has 0 saturated heterocycles. The predicted octanol–water partition coefficient (Wildman–Crippen LogP) is 4.56. The summed E-state index contributed by atoms with van der Waals surface area (Å²) in [5.74, 6) is 1.10. The standard InChI is InChI=1S/C24H28ClNO5/c1-29-20-14-16-11-12-26(22(27)9-4-5-10-23(28)31-3)24(19(16)15-21(20)30-2)17-7-6-8-18(25)13-17/h6-8,13-15,24H,4-5,9-12H2,1-3H3. The molecule has 0 bridgehead atoms. The number of unbranched alkanes of at least 4 members (excludes halogenated alkanes) is 1. The number of carbonyl (C=O) groups excluding carboxylic acids is 2. The van der Waals surface area contributed by atoms with Crippen molar-refractivity contribution < 1.29 is 23.8 Å². The van der Waals surface area contributed by atoms with Crippen molar-refractivity contribution in [3.8, 4) is 11.5 Å². The summed E-state index contributed by atoms with van der Waals surface area (Å²) in [6.45, 7) is 0.593. The smallest absolute Gasteiger partial charge is 0.305 e. The predicted molar refractivity (Wildman–Crippen MR) is 119 cm³/mol. The van der Waals surface area contributed by atoms with Gasteiger partial charge in [0.1, 0.15) is 0 Å². The van der Waals surface area contributed by atoms with Crippen molar-refractivity contribution in [2.24, 2.45) is 0 Å². The Balaban J connectivity index is 1.91. The van der Waals surface area contributed by atoms with Crippen molar-refractivity contribution in [3.63, 3.8) is 0 Å². The third-order valence-electron chi connectivity index (χ3n) is 5.61. The Morgan fingerprint density at radius 3 is 2.42 bits per heavy atom. The van der Waals surface area contributed by atoms with E-state index in [1.165, 1.54) is 7.11 Å². The van der Waals surface area contributed by atoms with Gasteiger partial charge in [0.05, 0.1) is 27.4 Å². The molecule has 31 heavy (non-hydrogen) atoms. The van der Waals surface area contributed by atoms with Gasteiger partial charge in [-0.3, -0.25) is 9.59 Å². The highest BCUT2D eigenvalue weighted by Gasteiger charge is 2.33. The number of hydrogen-bond donors (Lipinski definition) is 0. The number of halogens is 1. The number of nitrogens with zero attached hydrogens (tertiary/aromatic N) is 1. The second kappa shape index (κ2) is 10.5. The quantitative estimate of drug-likeness (QED) is 0.440. The molecule has 1 unspecified atom stereocenters. The zero-order valence-corrected chi connectivity index (χ0v) is 18.9. The number of carbonyl (C=O) groups is 2. The number of rotatable bonds is 8. The molecular weight excluding hydrogens is 418 g/mol. The van der Waals surface area contributed by atoms with Crippen LogP contribution in [-0.2, 0) is 20.7 Å². The summed E-state index contributed by atoms with van der Waals surface area (Å²) < 4.78 is 15.7. The minimum atomic E-state index is -0.268. The van der Waals surface area contributed by atoms with E-state index >= 15 is 0 Å². The van der Waals surface area contributed by atoms with Crippen molar-refractivity contribution in [2.45, 2.75) is 38.1 Å². The van der Waals surface area contributed by atoms with Crippen LogP contribution in [0, 0.1) is 0 Å². The van der Waals surface area contributed by atoms with Gasteiger partial charge in [0.25, 0.3) is 0 Å². The summed E-state index contributed by atoms with van der Waals surface area (Å²) in [6.07, 6.45) is 2.67. The molecule has 0 fully saturated rings. The Bertz CT molecular complexity index is 946.